The van der Waals surface area contributed by atoms with Crippen molar-refractivity contribution < 1.29 is 19.4 Å². The summed E-state index contributed by atoms with van der Waals surface area (Å²) in [6, 6.07) is 10.0. The number of hydrogen-bond donors (Lipinski definition) is 1. The minimum atomic E-state index is -0.699. The van der Waals surface area contributed by atoms with Gasteiger partial charge in [-0.3, -0.25) is 0 Å². The number of aryl methyl sites for hydroxylation is 3. The molecule has 37 heavy (non-hydrogen) atoms. The van der Waals surface area contributed by atoms with E-state index >= 15 is 0 Å². The van der Waals surface area contributed by atoms with Crippen LogP contribution in [-0.4, -0.2) is 42.4 Å². The zero-order valence-corrected chi connectivity index (χ0v) is 22.2. The monoisotopic (exact) mass is 504 g/mol. The van der Waals surface area contributed by atoms with E-state index in [1.807, 2.05) is 45.9 Å². The number of hydrogen-bond acceptors (Lipinski definition) is 7. The van der Waals surface area contributed by atoms with Crippen LogP contribution in [0, 0.1) is 19.8 Å². The Labute approximate surface area is 217 Å². The van der Waals surface area contributed by atoms with Crippen molar-refractivity contribution in [1.82, 2.24) is 19.6 Å². The molecular formula is C29H36N4O4. The number of benzene rings is 1. The van der Waals surface area contributed by atoms with Crippen LogP contribution >= 0.6 is 0 Å². The number of nitrogens with zero attached hydrogens (tertiary/aromatic N) is 4. The van der Waals surface area contributed by atoms with Gasteiger partial charge >= 0.3 is 5.97 Å². The Morgan fingerprint density at radius 3 is 2.57 bits per heavy atom. The number of aromatic nitrogens is 4. The predicted octanol–water partition coefficient (Wildman–Crippen LogP) is 5.39. The van der Waals surface area contributed by atoms with Gasteiger partial charge in [-0.05, 0) is 83.1 Å². The van der Waals surface area contributed by atoms with E-state index in [-0.39, 0.29) is 29.8 Å². The van der Waals surface area contributed by atoms with E-state index in [0.29, 0.717) is 24.4 Å². The maximum Gasteiger partial charge on any atom is 0.338 e. The molecule has 1 saturated carbocycles. The number of carbonyl (C=O) groups is 1. The molecule has 0 bridgehead atoms. The van der Waals surface area contributed by atoms with Gasteiger partial charge in [0.2, 0.25) is 0 Å². The van der Waals surface area contributed by atoms with Crippen LogP contribution in [0.2, 0.25) is 0 Å². The molecular weight excluding hydrogens is 468 g/mol. The minimum Gasteiger partial charge on any atom is -0.512 e. The summed E-state index contributed by atoms with van der Waals surface area (Å²) in [4.78, 5) is 22.3. The normalized spacial score (nSPS) is 20.7. The molecule has 0 radical (unpaired) electrons. The summed E-state index contributed by atoms with van der Waals surface area (Å²) in [5.74, 6) is 1.66. The Balaban J connectivity index is 1.36. The molecule has 1 atom stereocenters. The van der Waals surface area contributed by atoms with Gasteiger partial charge < -0.3 is 14.6 Å². The number of aliphatic hydroxyl groups excluding tert-OH is 1. The van der Waals surface area contributed by atoms with Crippen molar-refractivity contribution in [3.63, 3.8) is 0 Å². The van der Waals surface area contributed by atoms with E-state index < -0.39 is 11.6 Å². The lowest BCUT2D eigenvalue weighted by Gasteiger charge is -2.41. The van der Waals surface area contributed by atoms with Crippen molar-refractivity contribution in [2.75, 3.05) is 0 Å². The molecule has 5 rings (SSSR count). The van der Waals surface area contributed by atoms with Crippen LogP contribution in [0.1, 0.15) is 75.1 Å². The number of fused-ring (bicyclic) bond motifs is 1. The summed E-state index contributed by atoms with van der Waals surface area (Å²) in [6.45, 7) is 7.86. The summed E-state index contributed by atoms with van der Waals surface area (Å²) in [6.07, 6.45) is 6.26. The smallest absolute Gasteiger partial charge is 0.338 e. The average molecular weight is 505 g/mol. The van der Waals surface area contributed by atoms with E-state index in [2.05, 4.69) is 27.2 Å². The van der Waals surface area contributed by atoms with Gasteiger partial charge in [-0.15, -0.1) is 5.10 Å². The highest BCUT2D eigenvalue weighted by molar-refractivity contribution is 5.90. The van der Waals surface area contributed by atoms with Crippen molar-refractivity contribution in [3.05, 3.63) is 64.4 Å². The summed E-state index contributed by atoms with van der Waals surface area (Å²) in [5, 5.41) is 15.7. The van der Waals surface area contributed by atoms with E-state index in [4.69, 9.17) is 9.47 Å². The molecule has 1 unspecified atom stereocenters. The molecule has 1 fully saturated rings. The van der Waals surface area contributed by atoms with Crippen LogP contribution in [0.4, 0.5) is 0 Å². The summed E-state index contributed by atoms with van der Waals surface area (Å²) in [7, 11) is 0. The Morgan fingerprint density at radius 1 is 1.16 bits per heavy atom. The van der Waals surface area contributed by atoms with Gasteiger partial charge in [-0.1, -0.05) is 25.0 Å². The fourth-order valence-electron chi connectivity index (χ4n) is 5.79. The van der Waals surface area contributed by atoms with Crippen LogP contribution in [-0.2, 0) is 22.4 Å². The van der Waals surface area contributed by atoms with Gasteiger partial charge in [0.1, 0.15) is 17.1 Å². The molecule has 1 aromatic carbocycles. The van der Waals surface area contributed by atoms with Crippen LogP contribution in [0.25, 0.3) is 5.78 Å². The molecule has 0 saturated heterocycles. The van der Waals surface area contributed by atoms with E-state index in [1.54, 1.807) is 4.52 Å². The lowest BCUT2D eigenvalue weighted by Crippen LogP contribution is -2.46. The Kier molecular flexibility index (Phi) is 6.92. The molecule has 0 amide bonds. The van der Waals surface area contributed by atoms with Crippen molar-refractivity contribution in [2.45, 2.75) is 90.8 Å². The molecule has 3 aromatic rings. The average Bonchev–Trinajstić information content (AvgIpc) is 3.51. The maximum absolute atomic E-state index is 13.3. The van der Waals surface area contributed by atoms with Gasteiger partial charge in [0.25, 0.3) is 5.78 Å². The van der Waals surface area contributed by atoms with Gasteiger partial charge in [0.05, 0.1) is 11.7 Å². The van der Waals surface area contributed by atoms with Gasteiger partial charge in [0.15, 0.2) is 5.82 Å². The molecule has 8 heteroatoms. The zero-order chi connectivity index (χ0) is 26.2. The van der Waals surface area contributed by atoms with Gasteiger partial charge in [0, 0.05) is 24.2 Å². The number of cyclic esters (lactones) is 1. The molecule has 196 valence electrons. The molecule has 1 aliphatic carbocycles. The van der Waals surface area contributed by atoms with Crippen molar-refractivity contribution in [3.8, 4) is 5.75 Å². The summed E-state index contributed by atoms with van der Waals surface area (Å²) >= 11 is 0. The third-order valence-corrected chi connectivity index (χ3v) is 7.59. The molecule has 2 aliphatic rings. The van der Waals surface area contributed by atoms with Crippen molar-refractivity contribution in [2.24, 2.45) is 5.92 Å². The maximum atomic E-state index is 13.3. The SMILES string of the molecule is Cc1cc(C)n2nc(CC3=C(O)CC(CCc4ccc(OC(C)C)cc4)(C4CCCC4)OC3=O)nc2n1. The second kappa shape index (κ2) is 10.1. The Bertz CT molecular complexity index is 1320. The Morgan fingerprint density at radius 2 is 1.89 bits per heavy atom. The van der Waals surface area contributed by atoms with Crippen LogP contribution < -0.4 is 4.74 Å². The molecule has 1 aliphatic heterocycles. The molecule has 1 N–H and O–H groups in total. The highest BCUT2D eigenvalue weighted by atomic mass is 16.6. The van der Waals surface area contributed by atoms with E-state index in [0.717, 1.165) is 54.8 Å². The molecule has 8 nitrogen and oxygen atoms in total. The third kappa shape index (κ3) is 5.33. The molecule has 3 heterocycles. The van der Waals surface area contributed by atoms with Crippen LogP contribution in [0.15, 0.2) is 41.7 Å². The van der Waals surface area contributed by atoms with E-state index in [1.165, 1.54) is 0 Å². The third-order valence-electron chi connectivity index (χ3n) is 7.59. The molecule has 2 aromatic heterocycles. The van der Waals surface area contributed by atoms with Crippen LogP contribution in [0.5, 0.6) is 5.75 Å². The largest absolute Gasteiger partial charge is 0.512 e. The van der Waals surface area contributed by atoms with E-state index in [9.17, 15) is 9.90 Å². The Hall–Kier alpha value is -3.42. The van der Waals surface area contributed by atoms with Crippen LogP contribution in [0.3, 0.4) is 0 Å². The first-order valence-corrected chi connectivity index (χ1v) is 13.3. The van der Waals surface area contributed by atoms with Gasteiger partial charge in [-0.25, -0.2) is 14.3 Å². The highest BCUT2D eigenvalue weighted by Gasteiger charge is 2.48. The second-order valence-corrected chi connectivity index (χ2v) is 10.8. The second-order valence-electron chi connectivity index (χ2n) is 10.8. The number of esters is 1. The lowest BCUT2D eigenvalue weighted by atomic mass is 9.76. The first-order valence-electron chi connectivity index (χ1n) is 13.3. The van der Waals surface area contributed by atoms with Gasteiger partial charge in [-0.2, -0.15) is 4.98 Å². The first-order chi connectivity index (χ1) is 17.7. The molecule has 0 spiro atoms. The first kappa shape index (κ1) is 25.2. The number of carbonyl (C=O) groups excluding carboxylic acids is 1. The lowest BCUT2D eigenvalue weighted by molar-refractivity contribution is -0.167. The standard InChI is InChI=1S/C29H36N4O4/c1-18(2)36-23-11-9-21(10-12-23)13-14-29(22-7-5-6-8-22)17-25(34)24(27(35)37-29)16-26-31-28-30-19(3)15-20(4)33(28)32-26/h9-12,15,18,22,34H,5-8,13-14,16-17H2,1-4H3. The fourth-order valence-corrected chi connectivity index (χ4v) is 5.79. The quantitative estimate of drug-likeness (QED) is 0.411. The highest BCUT2D eigenvalue weighted by Crippen LogP contribution is 2.46. The minimum absolute atomic E-state index is 0.101. The zero-order valence-electron chi connectivity index (χ0n) is 22.2. The van der Waals surface area contributed by atoms with Crippen molar-refractivity contribution >= 4 is 11.7 Å². The predicted molar refractivity (Wildman–Crippen MR) is 140 cm³/mol. The number of ether oxygens (including phenoxy) is 2. The fraction of sp³-hybridized carbons (Fsp3) is 0.517. The topological polar surface area (TPSA) is 98.8 Å². The van der Waals surface area contributed by atoms with Crippen molar-refractivity contribution in [1.29, 1.82) is 0 Å². The number of aliphatic hydroxyl groups is 1. The summed E-state index contributed by atoms with van der Waals surface area (Å²) < 4.78 is 13.7. The summed E-state index contributed by atoms with van der Waals surface area (Å²) in [5.41, 5.74) is 2.47. The number of rotatable bonds is 8.